The van der Waals surface area contributed by atoms with Gasteiger partial charge in [-0.05, 0) is 31.4 Å². The number of nitrogens with zero attached hydrogens (tertiary/aromatic N) is 7. The first-order chi connectivity index (χ1) is 15.0. The maximum atomic E-state index is 13.1. The van der Waals surface area contributed by atoms with Crippen molar-refractivity contribution in [3.63, 3.8) is 0 Å². The topological polar surface area (TPSA) is 104 Å². The van der Waals surface area contributed by atoms with Crippen molar-refractivity contribution in [3.05, 3.63) is 18.0 Å². The molecular weight excluding hydrogens is 451 g/mol. The Balaban J connectivity index is 1.39. The van der Waals surface area contributed by atoms with Gasteiger partial charge in [0.05, 0.1) is 6.26 Å². The monoisotopic (exact) mass is 475 g/mol. The highest BCUT2D eigenvalue weighted by Gasteiger charge is 2.38. The smallest absolute Gasteiger partial charge is 0.355 e. The van der Waals surface area contributed by atoms with Crippen molar-refractivity contribution in [3.8, 4) is 0 Å². The van der Waals surface area contributed by atoms with Crippen LogP contribution >= 0.6 is 0 Å². The van der Waals surface area contributed by atoms with Gasteiger partial charge in [-0.1, -0.05) is 0 Å². The van der Waals surface area contributed by atoms with Crippen LogP contribution in [0, 0.1) is 5.92 Å². The Morgan fingerprint density at radius 1 is 1.03 bits per heavy atom. The van der Waals surface area contributed by atoms with Crippen LogP contribution in [0.15, 0.2) is 12.1 Å². The summed E-state index contributed by atoms with van der Waals surface area (Å²) in [4.78, 5) is 16.5. The van der Waals surface area contributed by atoms with Gasteiger partial charge in [0.15, 0.2) is 5.65 Å². The lowest BCUT2D eigenvalue weighted by Crippen LogP contribution is -2.44. The molecule has 4 heterocycles. The van der Waals surface area contributed by atoms with Crippen LogP contribution in [-0.4, -0.2) is 88.9 Å². The van der Waals surface area contributed by atoms with Crippen molar-refractivity contribution in [2.75, 3.05) is 50.4 Å². The Hall–Kier alpha value is -2.48. The number of carbonyl (C=O) groups is 1. The van der Waals surface area contributed by atoms with Gasteiger partial charge in [0.25, 0.3) is 5.82 Å². The molecule has 0 bridgehead atoms. The molecule has 2 aromatic rings. The number of piperidine rings is 1. The molecule has 10 nitrogen and oxygen atoms in total. The zero-order valence-electron chi connectivity index (χ0n) is 17.5. The first-order valence-corrected chi connectivity index (χ1v) is 12.2. The van der Waals surface area contributed by atoms with Crippen molar-refractivity contribution in [2.24, 2.45) is 5.92 Å². The van der Waals surface area contributed by atoms with Crippen LogP contribution < -0.4 is 4.90 Å². The molecular formula is C18H24F3N7O3S. The lowest BCUT2D eigenvalue weighted by atomic mass is 9.95. The third kappa shape index (κ3) is 4.65. The van der Waals surface area contributed by atoms with Crippen LogP contribution in [0.1, 0.15) is 25.1 Å². The van der Waals surface area contributed by atoms with Gasteiger partial charge < -0.3 is 9.80 Å². The maximum absolute atomic E-state index is 13.1. The Kier molecular flexibility index (Phi) is 6.00. The number of fused-ring (bicyclic) bond motifs is 1. The molecule has 0 N–H and O–H groups in total. The highest BCUT2D eigenvalue weighted by Crippen LogP contribution is 2.29. The second-order valence-electron chi connectivity index (χ2n) is 8.09. The average molecular weight is 475 g/mol. The van der Waals surface area contributed by atoms with Gasteiger partial charge in [0, 0.05) is 45.2 Å². The number of hydrogen-bond acceptors (Lipinski definition) is 7. The standard InChI is InChI=1S/C18H24F3N7O3S/c1-32(30,31)27-8-2-7-26(11-12-27)16(29)13-5-9-25(10-6-13)15-4-3-14-22-23-17(18(19,20)21)28(14)24-15/h3-4,13H,2,5-12H2,1H3. The lowest BCUT2D eigenvalue weighted by Gasteiger charge is -2.34. The molecule has 0 saturated carbocycles. The van der Waals surface area contributed by atoms with Crippen molar-refractivity contribution in [2.45, 2.75) is 25.4 Å². The van der Waals surface area contributed by atoms with Gasteiger partial charge in [-0.3, -0.25) is 4.79 Å². The fourth-order valence-electron chi connectivity index (χ4n) is 4.18. The number of carbonyl (C=O) groups excluding carboxylic acids is 1. The van der Waals surface area contributed by atoms with Crippen LogP contribution in [-0.2, 0) is 21.0 Å². The predicted molar refractivity (Wildman–Crippen MR) is 108 cm³/mol. The minimum absolute atomic E-state index is 0.00146. The fourth-order valence-corrected chi connectivity index (χ4v) is 5.06. The number of alkyl halides is 3. The molecule has 0 atom stereocenters. The molecule has 0 radical (unpaired) electrons. The molecule has 14 heteroatoms. The molecule has 0 aromatic carbocycles. The first kappa shape index (κ1) is 22.7. The Morgan fingerprint density at radius 2 is 1.75 bits per heavy atom. The minimum Gasteiger partial charge on any atom is -0.355 e. The van der Waals surface area contributed by atoms with Crippen LogP contribution in [0.5, 0.6) is 0 Å². The van der Waals surface area contributed by atoms with Gasteiger partial charge >= 0.3 is 6.18 Å². The summed E-state index contributed by atoms with van der Waals surface area (Å²) < 4.78 is 64.9. The third-order valence-electron chi connectivity index (χ3n) is 5.91. The molecule has 1 amide bonds. The van der Waals surface area contributed by atoms with E-state index in [4.69, 9.17) is 0 Å². The van der Waals surface area contributed by atoms with E-state index in [2.05, 4.69) is 15.3 Å². The van der Waals surface area contributed by atoms with Crippen LogP contribution in [0.2, 0.25) is 0 Å². The summed E-state index contributed by atoms with van der Waals surface area (Å²) >= 11 is 0. The number of halogens is 3. The summed E-state index contributed by atoms with van der Waals surface area (Å²) in [5, 5.41) is 10.8. The Labute approximate surface area is 183 Å². The Bertz CT molecular complexity index is 1100. The predicted octanol–water partition coefficient (Wildman–Crippen LogP) is 0.853. The van der Waals surface area contributed by atoms with E-state index in [0.29, 0.717) is 62.3 Å². The molecule has 176 valence electrons. The second-order valence-corrected chi connectivity index (χ2v) is 10.1. The van der Waals surface area contributed by atoms with Gasteiger partial charge in [-0.2, -0.15) is 17.7 Å². The summed E-state index contributed by atoms with van der Waals surface area (Å²) in [6.45, 7) is 2.50. The first-order valence-electron chi connectivity index (χ1n) is 10.3. The van der Waals surface area contributed by atoms with E-state index in [-0.39, 0.29) is 24.0 Å². The summed E-state index contributed by atoms with van der Waals surface area (Å²) in [7, 11) is -3.28. The largest absolute Gasteiger partial charge is 0.453 e. The van der Waals surface area contributed by atoms with E-state index < -0.39 is 22.0 Å². The van der Waals surface area contributed by atoms with Crippen LogP contribution in [0.25, 0.3) is 5.65 Å². The van der Waals surface area contributed by atoms with E-state index >= 15 is 0 Å². The van der Waals surface area contributed by atoms with E-state index in [1.54, 1.807) is 11.0 Å². The molecule has 0 spiro atoms. The van der Waals surface area contributed by atoms with Crippen molar-refractivity contribution in [1.29, 1.82) is 0 Å². The van der Waals surface area contributed by atoms with Gasteiger partial charge in [-0.25, -0.2) is 12.7 Å². The Morgan fingerprint density at radius 3 is 2.41 bits per heavy atom. The second kappa shape index (κ2) is 8.46. The van der Waals surface area contributed by atoms with E-state index in [0.717, 1.165) is 0 Å². The fraction of sp³-hybridized carbons (Fsp3) is 0.667. The normalized spacial score (nSPS) is 20.0. The lowest BCUT2D eigenvalue weighted by molar-refractivity contribution is -0.146. The molecule has 2 saturated heterocycles. The van der Waals surface area contributed by atoms with Crippen molar-refractivity contribution >= 4 is 27.4 Å². The highest BCUT2D eigenvalue weighted by atomic mass is 32.2. The SMILES string of the molecule is CS(=O)(=O)N1CCCN(C(=O)C2CCN(c3ccc4nnc(C(F)(F)F)n4n3)CC2)CC1. The minimum atomic E-state index is -4.66. The molecule has 2 aromatic heterocycles. The molecule has 4 rings (SSSR count). The van der Waals surface area contributed by atoms with E-state index in [9.17, 15) is 26.4 Å². The molecule has 2 aliphatic heterocycles. The zero-order valence-corrected chi connectivity index (χ0v) is 18.3. The number of hydrogen-bond donors (Lipinski definition) is 0. The number of rotatable bonds is 3. The molecule has 0 aliphatic carbocycles. The van der Waals surface area contributed by atoms with Crippen molar-refractivity contribution in [1.82, 2.24) is 29.0 Å². The maximum Gasteiger partial charge on any atom is 0.453 e. The molecule has 32 heavy (non-hydrogen) atoms. The van der Waals surface area contributed by atoms with Crippen molar-refractivity contribution < 1.29 is 26.4 Å². The van der Waals surface area contributed by atoms with Crippen LogP contribution in [0.3, 0.4) is 0 Å². The summed E-state index contributed by atoms with van der Waals surface area (Å²) in [6, 6.07) is 3.04. The quantitative estimate of drug-likeness (QED) is 0.648. The van der Waals surface area contributed by atoms with Crippen LogP contribution in [0.4, 0.5) is 19.0 Å². The highest BCUT2D eigenvalue weighted by molar-refractivity contribution is 7.88. The van der Waals surface area contributed by atoms with Gasteiger partial charge in [-0.15, -0.1) is 15.3 Å². The number of sulfonamides is 1. The third-order valence-corrected chi connectivity index (χ3v) is 7.21. The molecule has 0 unspecified atom stereocenters. The summed E-state index contributed by atoms with van der Waals surface area (Å²) in [5.74, 6) is -1.02. The summed E-state index contributed by atoms with van der Waals surface area (Å²) in [5.41, 5.74) is 0.00967. The van der Waals surface area contributed by atoms with Gasteiger partial charge in [0.2, 0.25) is 15.9 Å². The van der Waals surface area contributed by atoms with E-state index in [1.165, 1.54) is 16.6 Å². The number of anilines is 1. The average Bonchev–Trinajstić information content (AvgIpc) is 3.00. The number of aromatic nitrogens is 4. The summed E-state index contributed by atoms with van der Waals surface area (Å²) in [6.07, 6.45) is -1.83. The van der Waals surface area contributed by atoms with E-state index in [1.807, 2.05) is 4.90 Å². The number of amides is 1. The molecule has 2 fully saturated rings. The molecule has 2 aliphatic rings. The zero-order chi connectivity index (χ0) is 23.1. The van der Waals surface area contributed by atoms with Gasteiger partial charge in [0.1, 0.15) is 5.82 Å².